The quantitative estimate of drug-likeness (QED) is 0.785. The van der Waals surface area contributed by atoms with Crippen LogP contribution >= 0.6 is 0 Å². The van der Waals surface area contributed by atoms with Crippen molar-refractivity contribution in [3.63, 3.8) is 0 Å². The number of rotatable bonds is 3. The molecule has 0 N–H and O–H groups in total. The van der Waals surface area contributed by atoms with Crippen LogP contribution < -0.4 is 4.74 Å². The minimum Gasteiger partial charge on any atom is -0.493 e. The van der Waals surface area contributed by atoms with Crippen molar-refractivity contribution in [3.05, 3.63) is 29.6 Å². The van der Waals surface area contributed by atoms with E-state index in [9.17, 15) is 4.39 Å². The number of benzene rings is 1. The van der Waals surface area contributed by atoms with Gasteiger partial charge in [-0.2, -0.15) is 5.26 Å². The summed E-state index contributed by atoms with van der Waals surface area (Å²) in [7, 11) is 0. The van der Waals surface area contributed by atoms with E-state index >= 15 is 0 Å². The second kappa shape index (κ2) is 4.95. The number of ether oxygens (including phenoxy) is 2. The minimum atomic E-state index is -0.447. The Bertz CT molecular complexity index is 408. The van der Waals surface area contributed by atoms with Crippen molar-refractivity contribution >= 4 is 0 Å². The van der Waals surface area contributed by atoms with Crippen molar-refractivity contribution in [1.29, 1.82) is 5.26 Å². The van der Waals surface area contributed by atoms with Crippen molar-refractivity contribution in [1.82, 2.24) is 0 Å². The van der Waals surface area contributed by atoms with Crippen LogP contribution in [0.2, 0.25) is 0 Å². The third-order valence-corrected chi connectivity index (χ3v) is 2.51. The molecule has 0 aliphatic carbocycles. The third-order valence-electron chi connectivity index (χ3n) is 2.51. The third kappa shape index (κ3) is 2.71. The van der Waals surface area contributed by atoms with Gasteiger partial charge in [0.15, 0.2) is 0 Å². The summed E-state index contributed by atoms with van der Waals surface area (Å²) < 4.78 is 23.7. The SMILES string of the molecule is N#Cc1cc(F)cc(OCC2CCOC2)c1. The summed E-state index contributed by atoms with van der Waals surface area (Å²) >= 11 is 0. The monoisotopic (exact) mass is 221 g/mol. The summed E-state index contributed by atoms with van der Waals surface area (Å²) in [5.41, 5.74) is 0.276. The van der Waals surface area contributed by atoms with Gasteiger partial charge >= 0.3 is 0 Å². The Morgan fingerprint density at radius 2 is 2.38 bits per heavy atom. The number of hydrogen-bond donors (Lipinski definition) is 0. The van der Waals surface area contributed by atoms with Gasteiger partial charge in [-0.3, -0.25) is 0 Å². The number of nitriles is 1. The van der Waals surface area contributed by atoms with Crippen LogP contribution in [0.25, 0.3) is 0 Å². The molecule has 0 spiro atoms. The van der Waals surface area contributed by atoms with Gasteiger partial charge in [-0.15, -0.1) is 0 Å². The molecule has 0 saturated carbocycles. The predicted molar refractivity (Wildman–Crippen MR) is 55.5 cm³/mol. The van der Waals surface area contributed by atoms with Crippen LogP contribution in [0.15, 0.2) is 18.2 Å². The van der Waals surface area contributed by atoms with E-state index < -0.39 is 5.82 Å². The molecular formula is C12H12FNO2. The Morgan fingerprint density at radius 3 is 3.06 bits per heavy atom. The zero-order valence-electron chi connectivity index (χ0n) is 8.78. The average molecular weight is 221 g/mol. The molecule has 3 nitrogen and oxygen atoms in total. The summed E-state index contributed by atoms with van der Waals surface area (Å²) in [4.78, 5) is 0. The Labute approximate surface area is 93.4 Å². The van der Waals surface area contributed by atoms with E-state index in [1.807, 2.05) is 6.07 Å². The van der Waals surface area contributed by atoms with Gasteiger partial charge in [0.2, 0.25) is 0 Å². The molecule has 1 aliphatic heterocycles. The molecule has 1 saturated heterocycles. The van der Waals surface area contributed by atoms with Crippen LogP contribution in [-0.2, 0) is 4.74 Å². The number of hydrogen-bond acceptors (Lipinski definition) is 3. The summed E-state index contributed by atoms with van der Waals surface area (Å²) in [6, 6.07) is 5.91. The molecule has 0 bridgehead atoms. The standard InChI is InChI=1S/C12H12FNO2/c13-11-3-10(6-14)4-12(5-11)16-8-9-1-2-15-7-9/h3-5,9H,1-2,7-8H2. The maximum Gasteiger partial charge on any atom is 0.128 e. The molecule has 4 heteroatoms. The fraction of sp³-hybridized carbons (Fsp3) is 0.417. The first-order valence-corrected chi connectivity index (χ1v) is 5.19. The van der Waals surface area contributed by atoms with Crippen LogP contribution in [0.5, 0.6) is 5.75 Å². The predicted octanol–water partition coefficient (Wildman–Crippen LogP) is 2.11. The van der Waals surface area contributed by atoms with E-state index in [1.165, 1.54) is 12.1 Å². The fourth-order valence-corrected chi connectivity index (χ4v) is 1.64. The first-order valence-electron chi connectivity index (χ1n) is 5.19. The van der Waals surface area contributed by atoms with E-state index in [-0.39, 0.29) is 5.56 Å². The van der Waals surface area contributed by atoms with Crippen molar-refractivity contribution in [3.8, 4) is 11.8 Å². The lowest BCUT2D eigenvalue weighted by atomic mass is 10.1. The van der Waals surface area contributed by atoms with Crippen molar-refractivity contribution in [2.24, 2.45) is 5.92 Å². The van der Waals surface area contributed by atoms with Gasteiger partial charge in [0.05, 0.1) is 24.8 Å². The van der Waals surface area contributed by atoms with Crippen LogP contribution in [0, 0.1) is 23.1 Å². The van der Waals surface area contributed by atoms with Gasteiger partial charge in [-0.25, -0.2) is 4.39 Å². The number of nitrogens with zero attached hydrogens (tertiary/aromatic N) is 1. The molecule has 1 atom stereocenters. The molecule has 0 radical (unpaired) electrons. The molecule has 1 fully saturated rings. The highest BCUT2D eigenvalue weighted by molar-refractivity contribution is 5.37. The largest absolute Gasteiger partial charge is 0.493 e. The van der Waals surface area contributed by atoms with Crippen LogP contribution in [-0.4, -0.2) is 19.8 Å². The molecule has 1 aromatic carbocycles. The summed E-state index contributed by atoms with van der Waals surface area (Å²) in [6.45, 7) is 1.97. The highest BCUT2D eigenvalue weighted by atomic mass is 19.1. The molecule has 0 aromatic heterocycles. The average Bonchev–Trinajstić information content (AvgIpc) is 2.78. The molecule has 2 rings (SSSR count). The van der Waals surface area contributed by atoms with E-state index in [4.69, 9.17) is 14.7 Å². The van der Waals surface area contributed by atoms with Gasteiger partial charge in [0.1, 0.15) is 11.6 Å². The summed E-state index contributed by atoms with van der Waals surface area (Å²) in [6.07, 6.45) is 0.973. The molecule has 16 heavy (non-hydrogen) atoms. The highest BCUT2D eigenvalue weighted by Gasteiger charge is 2.16. The zero-order valence-corrected chi connectivity index (χ0v) is 8.78. The smallest absolute Gasteiger partial charge is 0.128 e. The fourth-order valence-electron chi connectivity index (χ4n) is 1.64. The van der Waals surface area contributed by atoms with Crippen molar-refractivity contribution in [2.45, 2.75) is 6.42 Å². The second-order valence-electron chi connectivity index (χ2n) is 3.83. The lowest BCUT2D eigenvalue weighted by Gasteiger charge is -2.10. The van der Waals surface area contributed by atoms with Crippen LogP contribution in [0.3, 0.4) is 0 Å². The molecule has 84 valence electrons. The zero-order chi connectivity index (χ0) is 11.4. The van der Waals surface area contributed by atoms with Gasteiger partial charge in [-0.05, 0) is 18.6 Å². The Morgan fingerprint density at radius 1 is 1.50 bits per heavy atom. The Balaban J connectivity index is 1.98. The maximum absolute atomic E-state index is 13.1. The van der Waals surface area contributed by atoms with Gasteiger partial charge in [0.25, 0.3) is 0 Å². The summed E-state index contributed by atoms with van der Waals surface area (Å²) in [5, 5.41) is 8.67. The molecule has 1 aliphatic rings. The Hall–Kier alpha value is -1.60. The van der Waals surface area contributed by atoms with Crippen LogP contribution in [0.4, 0.5) is 4.39 Å². The number of halogens is 1. The lowest BCUT2D eigenvalue weighted by Crippen LogP contribution is -2.11. The maximum atomic E-state index is 13.1. The first-order chi connectivity index (χ1) is 7.78. The second-order valence-corrected chi connectivity index (χ2v) is 3.83. The molecule has 0 amide bonds. The lowest BCUT2D eigenvalue weighted by molar-refractivity contribution is 0.167. The van der Waals surface area contributed by atoms with Crippen molar-refractivity contribution in [2.75, 3.05) is 19.8 Å². The molecule has 1 heterocycles. The summed E-state index contributed by atoms with van der Waals surface area (Å²) in [5.74, 6) is 0.328. The van der Waals surface area contributed by atoms with E-state index in [0.29, 0.717) is 24.9 Å². The topological polar surface area (TPSA) is 42.2 Å². The molecule has 1 unspecified atom stereocenters. The first kappa shape index (κ1) is 10.9. The van der Waals surface area contributed by atoms with Gasteiger partial charge < -0.3 is 9.47 Å². The van der Waals surface area contributed by atoms with E-state index in [1.54, 1.807) is 6.07 Å². The normalized spacial score (nSPS) is 19.4. The van der Waals surface area contributed by atoms with Gasteiger partial charge in [-0.1, -0.05) is 0 Å². The van der Waals surface area contributed by atoms with E-state index in [0.717, 1.165) is 13.0 Å². The van der Waals surface area contributed by atoms with E-state index in [2.05, 4.69) is 0 Å². The Kier molecular flexibility index (Phi) is 3.37. The van der Waals surface area contributed by atoms with Gasteiger partial charge in [0, 0.05) is 18.6 Å². The molecule has 1 aromatic rings. The van der Waals surface area contributed by atoms with Crippen molar-refractivity contribution < 1.29 is 13.9 Å². The highest BCUT2D eigenvalue weighted by Crippen LogP contribution is 2.19. The minimum absolute atomic E-state index is 0.276. The molecular weight excluding hydrogens is 209 g/mol. The van der Waals surface area contributed by atoms with Crippen LogP contribution in [0.1, 0.15) is 12.0 Å².